The van der Waals surface area contributed by atoms with Gasteiger partial charge in [-0.1, -0.05) is 27.7 Å². The molecule has 2 N–H and O–H groups in total. The largest absolute Gasteiger partial charge is 0.353 e. The minimum Gasteiger partial charge on any atom is -0.353 e. The summed E-state index contributed by atoms with van der Waals surface area (Å²) >= 11 is 1.69. The second kappa shape index (κ2) is 6.17. The molecule has 0 saturated heterocycles. The molecule has 2 bridgehead atoms. The fourth-order valence-electron chi connectivity index (χ4n) is 4.90. The van der Waals surface area contributed by atoms with Gasteiger partial charge in [-0.2, -0.15) is 11.8 Å². The van der Waals surface area contributed by atoms with Gasteiger partial charge in [-0.25, -0.2) is 0 Å². The molecule has 2 amide bonds. The molecule has 4 fully saturated rings. The molecule has 4 aliphatic rings. The van der Waals surface area contributed by atoms with Crippen molar-refractivity contribution < 1.29 is 9.59 Å². The normalized spacial score (nSPS) is 33.3. The van der Waals surface area contributed by atoms with Gasteiger partial charge in [-0.15, -0.1) is 0 Å². The van der Waals surface area contributed by atoms with Crippen LogP contribution < -0.4 is 10.6 Å². The van der Waals surface area contributed by atoms with E-state index >= 15 is 0 Å². The molecule has 0 radical (unpaired) electrons. The average Bonchev–Trinajstić information content (AvgIpc) is 2.36. The molecule has 4 rings (SSSR count). The second-order valence-electron chi connectivity index (χ2n) is 10.0. The first-order valence-electron chi connectivity index (χ1n) is 9.66. The summed E-state index contributed by atoms with van der Waals surface area (Å²) < 4.78 is 0. The van der Waals surface area contributed by atoms with Crippen molar-refractivity contribution in [2.24, 2.45) is 22.2 Å². The minimum absolute atomic E-state index is 0.0205. The topological polar surface area (TPSA) is 58.2 Å². The van der Waals surface area contributed by atoms with E-state index in [4.69, 9.17) is 0 Å². The van der Waals surface area contributed by atoms with E-state index in [9.17, 15) is 9.59 Å². The molecular weight excluding hydrogens is 332 g/mol. The Balaban J connectivity index is 1.52. The van der Waals surface area contributed by atoms with Gasteiger partial charge in [0.05, 0.1) is 11.0 Å². The summed E-state index contributed by atoms with van der Waals surface area (Å²) in [7, 11) is 0. The van der Waals surface area contributed by atoms with E-state index in [2.05, 4.69) is 31.4 Å². The Bertz CT molecular complexity index is 543. The van der Waals surface area contributed by atoms with Crippen LogP contribution in [0.25, 0.3) is 0 Å². The lowest BCUT2D eigenvalue weighted by atomic mass is 9.29. The van der Waals surface area contributed by atoms with Crippen LogP contribution in [0.4, 0.5) is 0 Å². The first kappa shape index (κ1) is 19.1. The number of thioether (sulfide) groups is 1. The Morgan fingerprint density at radius 1 is 1.16 bits per heavy atom. The molecular formula is C20H34N2O2S. The van der Waals surface area contributed by atoms with Crippen LogP contribution in [0, 0.1) is 22.2 Å². The van der Waals surface area contributed by atoms with Crippen LogP contribution in [0.15, 0.2) is 0 Å². The summed E-state index contributed by atoms with van der Waals surface area (Å²) in [5.74, 6) is 1.20. The molecule has 4 saturated carbocycles. The molecule has 0 spiro atoms. The van der Waals surface area contributed by atoms with E-state index in [-0.39, 0.29) is 28.7 Å². The van der Waals surface area contributed by atoms with Gasteiger partial charge < -0.3 is 10.6 Å². The number of nitrogens with one attached hydrogen (secondary N) is 2. The zero-order chi connectivity index (χ0) is 18.5. The van der Waals surface area contributed by atoms with E-state index in [1.54, 1.807) is 11.8 Å². The highest BCUT2D eigenvalue weighted by Gasteiger charge is 2.74. The Morgan fingerprint density at radius 3 is 2.20 bits per heavy atom. The standard InChI is InChI=1S/C20H34N2O2S/c1-14(9-25-5)15(23)21-13-20(7-6-8-20)22-16(24)18-10-19(11-18,12-18)17(2,3)4/h14H,6-13H2,1-5H3,(H,21,23)(H,22,24). The lowest BCUT2D eigenvalue weighted by molar-refractivity contribution is -0.250. The summed E-state index contributed by atoms with van der Waals surface area (Å²) in [5, 5.41) is 6.43. The van der Waals surface area contributed by atoms with Gasteiger partial charge in [-0.3, -0.25) is 9.59 Å². The molecule has 0 aliphatic heterocycles. The third kappa shape index (κ3) is 3.11. The fraction of sp³-hybridized carbons (Fsp3) is 0.900. The monoisotopic (exact) mass is 366 g/mol. The van der Waals surface area contributed by atoms with Crippen LogP contribution >= 0.6 is 11.8 Å². The van der Waals surface area contributed by atoms with Gasteiger partial charge in [0.2, 0.25) is 11.8 Å². The van der Waals surface area contributed by atoms with E-state index < -0.39 is 0 Å². The molecule has 1 atom stereocenters. The highest BCUT2D eigenvalue weighted by atomic mass is 32.2. The maximum absolute atomic E-state index is 12.9. The number of carbonyl (C=O) groups excluding carboxylic acids is 2. The van der Waals surface area contributed by atoms with Crippen molar-refractivity contribution >= 4 is 23.6 Å². The van der Waals surface area contributed by atoms with E-state index in [1.807, 2.05) is 13.2 Å². The molecule has 5 heteroatoms. The van der Waals surface area contributed by atoms with Crippen LogP contribution in [0.5, 0.6) is 0 Å². The van der Waals surface area contributed by atoms with Gasteiger partial charge in [0.25, 0.3) is 0 Å². The molecule has 1 unspecified atom stereocenters. The Hall–Kier alpha value is -0.710. The van der Waals surface area contributed by atoms with Gasteiger partial charge in [0.1, 0.15) is 0 Å². The first-order chi connectivity index (χ1) is 11.6. The predicted molar refractivity (Wildman–Crippen MR) is 103 cm³/mol. The van der Waals surface area contributed by atoms with E-state index in [0.29, 0.717) is 17.4 Å². The number of rotatable bonds is 7. The van der Waals surface area contributed by atoms with Crippen LogP contribution in [-0.4, -0.2) is 35.9 Å². The van der Waals surface area contributed by atoms with Crippen molar-refractivity contribution in [3.05, 3.63) is 0 Å². The molecule has 142 valence electrons. The number of amides is 2. The maximum Gasteiger partial charge on any atom is 0.226 e. The lowest BCUT2D eigenvalue weighted by Gasteiger charge is -2.74. The smallest absolute Gasteiger partial charge is 0.226 e. The number of carbonyl (C=O) groups is 2. The molecule has 25 heavy (non-hydrogen) atoms. The Labute approximate surface area is 156 Å². The maximum atomic E-state index is 12.9. The predicted octanol–water partition coefficient (Wildman–Crippen LogP) is 3.36. The summed E-state index contributed by atoms with van der Waals surface area (Å²) in [6, 6.07) is 0. The highest BCUT2D eigenvalue weighted by Crippen LogP contribution is 2.79. The molecule has 4 nitrogen and oxygen atoms in total. The molecule has 0 aromatic rings. The molecule has 0 heterocycles. The van der Waals surface area contributed by atoms with Crippen LogP contribution in [0.1, 0.15) is 66.2 Å². The van der Waals surface area contributed by atoms with Crippen molar-refractivity contribution in [2.45, 2.75) is 71.8 Å². The minimum atomic E-state index is -0.198. The van der Waals surface area contributed by atoms with Crippen molar-refractivity contribution in [3.8, 4) is 0 Å². The Kier molecular flexibility index (Phi) is 4.71. The molecule has 0 aromatic heterocycles. The Morgan fingerprint density at radius 2 is 1.76 bits per heavy atom. The summed E-state index contributed by atoms with van der Waals surface area (Å²) in [6.45, 7) is 9.44. The molecule has 0 aromatic carbocycles. The van der Waals surface area contributed by atoms with Crippen LogP contribution in [-0.2, 0) is 9.59 Å². The van der Waals surface area contributed by atoms with E-state index in [0.717, 1.165) is 44.3 Å². The third-order valence-electron chi connectivity index (χ3n) is 7.26. The summed E-state index contributed by atoms with van der Waals surface area (Å²) in [5.41, 5.74) is 0.380. The fourth-order valence-corrected chi connectivity index (χ4v) is 5.55. The summed E-state index contributed by atoms with van der Waals surface area (Å²) in [6.07, 6.45) is 8.25. The molecule has 4 aliphatic carbocycles. The lowest BCUT2D eigenvalue weighted by Crippen LogP contribution is -2.74. The van der Waals surface area contributed by atoms with Crippen molar-refractivity contribution in [3.63, 3.8) is 0 Å². The second-order valence-corrected chi connectivity index (χ2v) is 10.9. The van der Waals surface area contributed by atoms with Gasteiger partial charge in [0.15, 0.2) is 0 Å². The van der Waals surface area contributed by atoms with Gasteiger partial charge in [-0.05, 0) is 55.6 Å². The number of hydrogen-bond acceptors (Lipinski definition) is 3. The highest BCUT2D eigenvalue weighted by molar-refractivity contribution is 7.98. The van der Waals surface area contributed by atoms with Crippen LogP contribution in [0.3, 0.4) is 0 Å². The zero-order valence-electron chi connectivity index (χ0n) is 16.5. The zero-order valence-corrected chi connectivity index (χ0v) is 17.3. The van der Waals surface area contributed by atoms with E-state index in [1.165, 1.54) is 0 Å². The third-order valence-corrected chi connectivity index (χ3v) is 8.09. The van der Waals surface area contributed by atoms with Crippen molar-refractivity contribution in [1.29, 1.82) is 0 Å². The van der Waals surface area contributed by atoms with Crippen molar-refractivity contribution in [1.82, 2.24) is 10.6 Å². The average molecular weight is 367 g/mol. The van der Waals surface area contributed by atoms with Crippen molar-refractivity contribution in [2.75, 3.05) is 18.6 Å². The van der Waals surface area contributed by atoms with Crippen LogP contribution in [0.2, 0.25) is 0 Å². The SMILES string of the molecule is CSCC(C)C(=O)NCC1(NC(=O)C23CC(C(C)(C)C)(C2)C3)CCC1. The first-order valence-corrected chi connectivity index (χ1v) is 11.1. The van der Waals surface area contributed by atoms with Gasteiger partial charge in [0, 0.05) is 18.2 Å². The number of hydrogen-bond donors (Lipinski definition) is 2. The quantitative estimate of drug-likeness (QED) is 0.726. The summed E-state index contributed by atoms with van der Waals surface area (Å²) in [4.78, 5) is 25.1. The van der Waals surface area contributed by atoms with Gasteiger partial charge >= 0.3 is 0 Å².